The number of nitrogens with one attached hydrogen (secondary N) is 1. The number of para-hydroxylation sites is 1. The van der Waals surface area contributed by atoms with Crippen molar-refractivity contribution in [3.05, 3.63) is 77.5 Å². The third kappa shape index (κ3) is 3.14. The van der Waals surface area contributed by atoms with Gasteiger partial charge in [-0.1, -0.05) is 50.3 Å². The predicted molar refractivity (Wildman–Crippen MR) is 123 cm³/mol. The van der Waals surface area contributed by atoms with Crippen LogP contribution in [0.3, 0.4) is 0 Å². The zero-order chi connectivity index (χ0) is 22.4. The molecule has 1 unspecified atom stereocenters. The van der Waals surface area contributed by atoms with Crippen LogP contribution in [0.1, 0.15) is 46.5 Å². The Hall–Kier alpha value is -3.67. The summed E-state index contributed by atoms with van der Waals surface area (Å²) in [6, 6.07) is 14.1. The van der Waals surface area contributed by atoms with Crippen LogP contribution in [0.2, 0.25) is 0 Å². The maximum atomic E-state index is 13.5. The Kier molecular flexibility index (Phi) is 4.93. The van der Waals surface area contributed by atoms with Gasteiger partial charge in [0.25, 0.3) is 11.8 Å². The van der Waals surface area contributed by atoms with Crippen LogP contribution in [0.5, 0.6) is 0 Å². The van der Waals surface area contributed by atoms with Gasteiger partial charge in [0.1, 0.15) is 6.04 Å². The van der Waals surface area contributed by atoms with Gasteiger partial charge in [-0.25, -0.2) is 0 Å². The summed E-state index contributed by atoms with van der Waals surface area (Å²) in [7, 11) is 0. The van der Waals surface area contributed by atoms with Crippen molar-refractivity contribution in [1.82, 2.24) is 14.8 Å². The van der Waals surface area contributed by atoms with Crippen molar-refractivity contribution < 1.29 is 14.4 Å². The van der Waals surface area contributed by atoms with Crippen LogP contribution in [0.15, 0.2) is 60.8 Å². The van der Waals surface area contributed by atoms with E-state index in [1.54, 1.807) is 29.2 Å². The maximum Gasteiger partial charge on any atom is 0.262 e. The van der Waals surface area contributed by atoms with E-state index in [-0.39, 0.29) is 23.6 Å². The number of imide groups is 1. The van der Waals surface area contributed by atoms with E-state index in [2.05, 4.69) is 17.1 Å². The monoisotopic (exact) mass is 427 g/mol. The summed E-state index contributed by atoms with van der Waals surface area (Å²) >= 11 is 0. The van der Waals surface area contributed by atoms with Crippen molar-refractivity contribution in [2.24, 2.45) is 5.92 Å². The fourth-order valence-electron chi connectivity index (χ4n) is 4.79. The van der Waals surface area contributed by atoms with Gasteiger partial charge in [0.2, 0.25) is 5.91 Å². The molecule has 32 heavy (non-hydrogen) atoms. The summed E-state index contributed by atoms with van der Waals surface area (Å²) in [4.78, 5) is 45.7. The standard InChI is InChI=1S/C26H25N3O3/c1-16(2)23(29-24(30)19-8-3-4-9-20(19)25(29)31)26(32)28-13-11-17(12-14-28)21-15-27-22-10-6-5-7-18(21)22/h3-11,15-16,23,27H,12-14H2,1-2H3. The molecule has 162 valence electrons. The summed E-state index contributed by atoms with van der Waals surface area (Å²) in [5.41, 5.74) is 4.20. The fraction of sp³-hybridized carbons (Fsp3) is 0.269. The fourth-order valence-corrected chi connectivity index (χ4v) is 4.79. The third-order valence-electron chi connectivity index (χ3n) is 6.44. The topological polar surface area (TPSA) is 73.5 Å². The molecule has 0 bridgehead atoms. The minimum absolute atomic E-state index is 0.177. The molecule has 1 atom stereocenters. The van der Waals surface area contributed by atoms with Crippen LogP contribution < -0.4 is 0 Å². The number of H-pyrrole nitrogens is 1. The average molecular weight is 428 g/mol. The van der Waals surface area contributed by atoms with Crippen LogP contribution in [0.4, 0.5) is 0 Å². The minimum atomic E-state index is -0.814. The number of fused-ring (bicyclic) bond motifs is 2. The van der Waals surface area contributed by atoms with Gasteiger partial charge in [-0.3, -0.25) is 19.3 Å². The Morgan fingerprint density at radius 1 is 0.938 bits per heavy atom. The van der Waals surface area contributed by atoms with E-state index in [4.69, 9.17) is 0 Å². The number of carbonyl (C=O) groups excluding carboxylic acids is 3. The van der Waals surface area contributed by atoms with Gasteiger partial charge < -0.3 is 9.88 Å². The van der Waals surface area contributed by atoms with Gasteiger partial charge in [-0.15, -0.1) is 0 Å². The van der Waals surface area contributed by atoms with Crippen molar-refractivity contribution in [3.63, 3.8) is 0 Å². The summed E-state index contributed by atoms with van der Waals surface area (Å²) in [5.74, 6) is -1.14. The highest BCUT2D eigenvalue weighted by Gasteiger charge is 2.45. The quantitative estimate of drug-likeness (QED) is 0.637. The molecular weight excluding hydrogens is 402 g/mol. The van der Waals surface area contributed by atoms with E-state index in [9.17, 15) is 14.4 Å². The molecule has 2 aromatic carbocycles. The summed E-state index contributed by atoms with van der Waals surface area (Å²) in [5, 5.41) is 1.17. The molecule has 0 aliphatic carbocycles. The Bertz CT molecular complexity index is 1240. The van der Waals surface area contributed by atoms with E-state index in [1.807, 2.05) is 38.2 Å². The van der Waals surface area contributed by atoms with Crippen molar-refractivity contribution in [2.75, 3.05) is 13.1 Å². The number of benzene rings is 2. The highest BCUT2D eigenvalue weighted by atomic mass is 16.2. The van der Waals surface area contributed by atoms with Gasteiger partial charge in [0.05, 0.1) is 11.1 Å². The summed E-state index contributed by atoms with van der Waals surface area (Å²) in [6.07, 6.45) is 4.82. The second-order valence-corrected chi connectivity index (χ2v) is 8.73. The Morgan fingerprint density at radius 2 is 1.59 bits per heavy atom. The molecule has 0 spiro atoms. The first-order valence-corrected chi connectivity index (χ1v) is 11.0. The molecule has 1 aromatic heterocycles. The number of aromatic amines is 1. The third-order valence-corrected chi connectivity index (χ3v) is 6.44. The Labute approximate surface area is 186 Å². The van der Waals surface area contributed by atoms with Crippen molar-refractivity contribution in [1.29, 1.82) is 0 Å². The molecule has 2 aliphatic heterocycles. The lowest BCUT2D eigenvalue weighted by molar-refractivity contribution is -0.136. The van der Waals surface area contributed by atoms with Crippen LogP contribution in [-0.2, 0) is 4.79 Å². The number of hydrogen-bond donors (Lipinski definition) is 1. The number of hydrogen-bond acceptors (Lipinski definition) is 3. The molecule has 0 saturated heterocycles. The number of rotatable bonds is 4. The number of aromatic nitrogens is 1. The zero-order valence-electron chi connectivity index (χ0n) is 18.2. The van der Waals surface area contributed by atoms with Gasteiger partial charge in [0.15, 0.2) is 0 Å². The number of amides is 3. The maximum absolute atomic E-state index is 13.5. The van der Waals surface area contributed by atoms with Crippen molar-refractivity contribution >= 4 is 34.2 Å². The molecule has 0 fully saturated rings. The van der Waals surface area contributed by atoms with Gasteiger partial charge in [0, 0.05) is 35.8 Å². The SMILES string of the molecule is CC(C)C(C(=O)N1CC=C(c2c[nH]c3ccccc23)CC1)N1C(=O)c2ccccc2C1=O. The van der Waals surface area contributed by atoms with Crippen LogP contribution in [0, 0.1) is 5.92 Å². The van der Waals surface area contributed by atoms with Crippen molar-refractivity contribution in [3.8, 4) is 0 Å². The van der Waals surface area contributed by atoms with Gasteiger partial charge in [-0.2, -0.15) is 0 Å². The van der Waals surface area contributed by atoms with Crippen LogP contribution >= 0.6 is 0 Å². The van der Waals surface area contributed by atoms with E-state index in [0.717, 1.165) is 22.4 Å². The molecule has 0 saturated carbocycles. The summed E-state index contributed by atoms with van der Waals surface area (Å²) in [6.45, 7) is 4.77. The highest BCUT2D eigenvalue weighted by molar-refractivity contribution is 6.22. The summed E-state index contributed by atoms with van der Waals surface area (Å²) < 4.78 is 0. The number of nitrogens with zero attached hydrogens (tertiary/aromatic N) is 2. The van der Waals surface area contributed by atoms with Crippen LogP contribution in [-0.4, -0.2) is 51.6 Å². The smallest absolute Gasteiger partial charge is 0.262 e. The second kappa shape index (κ2) is 7.79. The predicted octanol–water partition coefficient (Wildman–Crippen LogP) is 4.10. The Balaban J connectivity index is 1.39. The van der Waals surface area contributed by atoms with E-state index in [1.165, 1.54) is 11.0 Å². The molecular formula is C26H25N3O3. The number of carbonyl (C=O) groups is 3. The molecule has 0 radical (unpaired) electrons. The van der Waals surface area contributed by atoms with Gasteiger partial charge >= 0.3 is 0 Å². The largest absolute Gasteiger partial charge is 0.361 e. The Morgan fingerprint density at radius 3 is 2.22 bits per heavy atom. The lowest BCUT2D eigenvalue weighted by Crippen LogP contribution is -2.54. The van der Waals surface area contributed by atoms with Crippen LogP contribution in [0.25, 0.3) is 16.5 Å². The first-order chi connectivity index (χ1) is 15.5. The lowest BCUT2D eigenvalue weighted by Gasteiger charge is -2.35. The minimum Gasteiger partial charge on any atom is -0.361 e. The van der Waals surface area contributed by atoms with E-state index in [0.29, 0.717) is 24.2 Å². The highest BCUT2D eigenvalue weighted by Crippen LogP contribution is 2.31. The molecule has 2 aliphatic rings. The normalized spacial score (nSPS) is 17.2. The average Bonchev–Trinajstić information content (AvgIpc) is 3.35. The second-order valence-electron chi connectivity index (χ2n) is 8.73. The molecule has 1 N–H and O–H groups in total. The first kappa shape index (κ1) is 20.2. The van der Waals surface area contributed by atoms with Crippen molar-refractivity contribution in [2.45, 2.75) is 26.3 Å². The molecule has 6 heteroatoms. The lowest BCUT2D eigenvalue weighted by atomic mass is 9.96. The van der Waals surface area contributed by atoms with E-state index >= 15 is 0 Å². The molecule has 3 amide bonds. The van der Waals surface area contributed by atoms with Gasteiger partial charge in [-0.05, 0) is 36.1 Å². The molecule has 5 rings (SSSR count). The molecule has 6 nitrogen and oxygen atoms in total. The zero-order valence-corrected chi connectivity index (χ0v) is 18.2. The first-order valence-electron chi connectivity index (χ1n) is 11.0. The molecule has 3 aromatic rings. The molecule has 3 heterocycles. The van der Waals surface area contributed by atoms with E-state index < -0.39 is 6.04 Å².